The molecule has 0 amide bonds. The number of hydrogen-bond donors (Lipinski definition) is 0. The van der Waals surface area contributed by atoms with Crippen molar-refractivity contribution < 1.29 is 38.7 Å². The molecule has 0 nitrogen and oxygen atoms in total. The molecule has 0 heterocycles. The SMILES string of the molecule is C=C.[Br-].[CH3][Zr+]([CH]1C=Cc2ccccc21)[CH]1C=Cc2ccccc21. The molecule has 0 aromatic heterocycles. The van der Waals surface area contributed by atoms with Gasteiger partial charge in [0.05, 0.1) is 0 Å². The summed E-state index contributed by atoms with van der Waals surface area (Å²) in [7, 11) is 0. The van der Waals surface area contributed by atoms with Crippen LogP contribution in [0.2, 0.25) is 4.63 Å². The molecule has 0 saturated carbocycles. The molecular formula is C21H21BrZr. The van der Waals surface area contributed by atoms with Crippen LogP contribution in [0.15, 0.2) is 73.8 Å². The van der Waals surface area contributed by atoms with Gasteiger partial charge in [-0.05, 0) is 0 Å². The Morgan fingerprint density at radius 2 is 1.13 bits per heavy atom. The summed E-state index contributed by atoms with van der Waals surface area (Å²) < 4.78 is 4.04. The fraction of sp³-hybridized carbons (Fsp3) is 0.143. The van der Waals surface area contributed by atoms with E-state index in [1.54, 1.807) is 11.1 Å². The Kier molecular flexibility index (Phi) is 6.56. The van der Waals surface area contributed by atoms with Crippen molar-refractivity contribution in [2.75, 3.05) is 0 Å². The molecule has 2 unspecified atom stereocenters. The van der Waals surface area contributed by atoms with Gasteiger partial charge in [-0.3, -0.25) is 0 Å². The summed E-state index contributed by atoms with van der Waals surface area (Å²) in [5.41, 5.74) is 6.02. The fourth-order valence-corrected chi connectivity index (χ4v) is 10.1. The summed E-state index contributed by atoms with van der Waals surface area (Å²) in [5.74, 6) is 0. The molecule has 23 heavy (non-hydrogen) atoms. The Labute approximate surface area is 158 Å². The Morgan fingerprint density at radius 3 is 1.57 bits per heavy atom. The Hall–Kier alpha value is -0.977. The molecule has 116 valence electrons. The van der Waals surface area contributed by atoms with E-state index in [0.717, 1.165) is 7.25 Å². The normalized spacial score (nSPS) is 19.2. The van der Waals surface area contributed by atoms with Crippen LogP contribution >= 0.6 is 0 Å². The quantitative estimate of drug-likeness (QED) is 0.625. The summed E-state index contributed by atoms with van der Waals surface area (Å²) in [6, 6.07) is 17.8. The van der Waals surface area contributed by atoms with E-state index < -0.39 is 21.8 Å². The van der Waals surface area contributed by atoms with Crippen LogP contribution in [-0.2, 0) is 21.8 Å². The topological polar surface area (TPSA) is 0 Å². The number of fused-ring (bicyclic) bond motifs is 2. The van der Waals surface area contributed by atoms with Crippen LogP contribution in [0.3, 0.4) is 0 Å². The number of halogens is 1. The minimum absolute atomic E-state index is 0. The van der Waals surface area contributed by atoms with E-state index in [1.165, 1.54) is 11.1 Å². The van der Waals surface area contributed by atoms with Crippen LogP contribution in [0.25, 0.3) is 12.2 Å². The molecule has 2 aromatic carbocycles. The number of rotatable bonds is 2. The van der Waals surface area contributed by atoms with Gasteiger partial charge in [-0.15, -0.1) is 13.2 Å². The van der Waals surface area contributed by atoms with Gasteiger partial charge in [0.1, 0.15) is 0 Å². The second-order valence-corrected chi connectivity index (χ2v) is 12.4. The summed E-state index contributed by atoms with van der Waals surface area (Å²) in [6.07, 6.45) is 9.59. The summed E-state index contributed by atoms with van der Waals surface area (Å²) in [5, 5.41) is 0. The summed E-state index contributed by atoms with van der Waals surface area (Å²) >= 11 is -1.60. The monoisotopic (exact) mass is 442 g/mol. The van der Waals surface area contributed by atoms with E-state index in [4.69, 9.17) is 0 Å². The second-order valence-electron chi connectivity index (χ2n) is 5.68. The standard InChI is InChI=1S/2C9H7.C2H4.CH3.BrH.Zr/c2*1-2-5-9-7-3-6-8(9)4-1;1-2;;;/h2*1-7H;1-2H2;1H3;1H;/q;;;;;+1/p-1. The molecular weight excluding hydrogens is 423 g/mol. The molecule has 2 aliphatic rings. The van der Waals surface area contributed by atoms with Crippen molar-refractivity contribution in [2.24, 2.45) is 0 Å². The van der Waals surface area contributed by atoms with E-state index >= 15 is 0 Å². The van der Waals surface area contributed by atoms with Crippen LogP contribution in [0, 0.1) is 0 Å². The molecule has 0 bridgehead atoms. The van der Waals surface area contributed by atoms with Crippen molar-refractivity contribution in [2.45, 2.75) is 11.9 Å². The van der Waals surface area contributed by atoms with Gasteiger partial charge < -0.3 is 17.0 Å². The predicted molar refractivity (Wildman–Crippen MR) is 93.6 cm³/mol. The molecule has 4 rings (SSSR count). The molecule has 2 aromatic rings. The van der Waals surface area contributed by atoms with E-state index in [0.29, 0.717) is 0 Å². The van der Waals surface area contributed by atoms with Crippen LogP contribution in [0.1, 0.15) is 29.5 Å². The minimum atomic E-state index is -1.60. The first-order valence-corrected chi connectivity index (χ1v) is 13.0. The molecule has 0 aliphatic heterocycles. The zero-order valence-electron chi connectivity index (χ0n) is 13.4. The molecule has 0 spiro atoms. The Morgan fingerprint density at radius 1 is 0.739 bits per heavy atom. The molecule has 0 fully saturated rings. The Bertz CT molecular complexity index is 671. The van der Waals surface area contributed by atoms with Crippen LogP contribution in [0.4, 0.5) is 0 Å². The van der Waals surface area contributed by atoms with Gasteiger partial charge in [-0.1, -0.05) is 0 Å². The van der Waals surface area contributed by atoms with Crippen LogP contribution in [-0.4, -0.2) is 0 Å². The molecule has 0 saturated heterocycles. The molecule has 0 radical (unpaired) electrons. The zero-order chi connectivity index (χ0) is 15.5. The molecule has 2 atom stereocenters. The van der Waals surface area contributed by atoms with Crippen LogP contribution < -0.4 is 17.0 Å². The van der Waals surface area contributed by atoms with Gasteiger partial charge in [0.25, 0.3) is 0 Å². The maximum atomic E-state index is 3.00. The predicted octanol–water partition coefficient (Wildman–Crippen LogP) is 3.00. The second kappa shape index (κ2) is 8.22. The third-order valence-corrected chi connectivity index (χ3v) is 11.9. The van der Waals surface area contributed by atoms with Gasteiger partial charge in [-0.2, -0.15) is 0 Å². The van der Waals surface area contributed by atoms with Crippen molar-refractivity contribution in [3.05, 3.63) is 96.1 Å². The third kappa shape index (κ3) is 3.44. The van der Waals surface area contributed by atoms with Gasteiger partial charge >= 0.3 is 129 Å². The third-order valence-electron chi connectivity index (χ3n) is 4.58. The fourth-order valence-electron chi connectivity index (χ4n) is 3.49. The molecule has 0 N–H and O–H groups in total. The van der Waals surface area contributed by atoms with Crippen LogP contribution in [0.5, 0.6) is 0 Å². The number of hydrogen-bond acceptors (Lipinski definition) is 0. The summed E-state index contributed by atoms with van der Waals surface area (Å²) in [6.45, 7) is 6.00. The summed E-state index contributed by atoms with van der Waals surface area (Å²) in [4.78, 5) is 0. The van der Waals surface area contributed by atoms with Gasteiger partial charge in [-0.25, -0.2) is 0 Å². The van der Waals surface area contributed by atoms with Crippen molar-refractivity contribution in [1.82, 2.24) is 0 Å². The first kappa shape index (κ1) is 18.4. The van der Waals surface area contributed by atoms with Crippen molar-refractivity contribution in [1.29, 1.82) is 0 Å². The average Bonchev–Trinajstić information content (AvgIpc) is 3.20. The molecule has 2 aliphatic carbocycles. The average molecular weight is 445 g/mol. The van der Waals surface area contributed by atoms with Gasteiger partial charge in [0.15, 0.2) is 0 Å². The van der Waals surface area contributed by atoms with Gasteiger partial charge in [0, 0.05) is 0 Å². The first-order valence-electron chi connectivity index (χ1n) is 7.72. The van der Waals surface area contributed by atoms with E-state index in [-0.39, 0.29) is 17.0 Å². The van der Waals surface area contributed by atoms with Crippen molar-refractivity contribution in [3.8, 4) is 0 Å². The molecule has 2 heteroatoms. The van der Waals surface area contributed by atoms with Crippen molar-refractivity contribution in [3.63, 3.8) is 0 Å². The Balaban J connectivity index is 0.000000617. The van der Waals surface area contributed by atoms with E-state index in [9.17, 15) is 0 Å². The maximum absolute atomic E-state index is 3.00. The van der Waals surface area contributed by atoms with E-state index in [2.05, 4.69) is 90.6 Å². The first-order chi connectivity index (χ1) is 10.8. The zero-order valence-corrected chi connectivity index (χ0v) is 17.4. The van der Waals surface area contributed by atoms with Gasteiger partial charge in [0.2, 0.25) is 0 Å². The van der Waals surface area contributed by atoms with E-state index in [1.807, 2.05) is 0 Å². The number of benzene rings is 2. The number of allylic oxidation sites excluding steroid dienone is 2. The van der Waals surface area contributed by atoms with Crippen molar-refractivity contribution >= 4 is 12.2 Å².